The number of nitrogens with two attached hydrogens (primary N) is 1. The van der Waals surface area contributed by atoms with Crippen molar-refractivity contribution in [2.75, 3.05) is 13.6 Å². The molecule has 1 aromatic carbocycles. The number of rotatable bonds is 3. The lowest BCUT2D eigenvalue weighted by Gasteiger charge is -2.65. The highest BCUT2D eigenvalue weighted by Gasteiger charge is 2.68. The second-order valence-electron chi connectivity index (χ2n) is 9.36. The molecule has 2 heterocycles. The second-order valence-corrected chi connectivity index (χ2v) is 9.36. The molecule has 1 amide bonds. The Balaban J connectivity index is 0.00000205. The predicted octanol–water partition coefficient (Wildman–Crippen LogP) is -0.0994. The molecule has 29 heavy (non-hydrogen) atoms. The van der Waals surface area contributed by atoms with Gasteiger partial charge in [-0.15, -0.1) is 0 Å². The summed E-state index contributed by atoms with van der Waals surface area (Å²) in [6.07, 6.45) is 7.46. The summed E-state index contributed by atoms with van der Waals surface area (Å²) < 4.78 is 6.46. The molecule has 156 valence electrons. The number of quaternary nitrogens is 1. The van der Waals surface area contributed by atoms with E-state index >= 15 is 0 Å². The number of aliphatic hydroxyl groups is 1. The molecule has 1 saturated carbocycles. The van der Waals surface area contributed by atoms with E-state index in [0.29, 0.717) is 5.56 Å². The van der Waals surface area contributed by atoms with E-state index in [0.717, 1.165) is 61.9 Å². The Bertz CT molecular complexity index is 930. The standard InChI is InChI=1S/C23H28N2O3.HI/c1-25(15-18-5-4-12-28-18)11-10-22-8-2-3-9-23(22,27)20(25)14-16-6-7-17(21(24)26)13-19(16)22;/h4-7,12-13,20,27H,2-3,8-11,14-15H2,1H3,(H-,24,26);1H/t20-,22+,23-,25?;/m1./s1. The average molecular weight is 508 g/mol. The molecule has 4 atom stereocenters. The maximum absolute atomic E-state index is 12.2. The number of halogens is 1. The molecular weight excluding hydrogens is 479 g/mol. The molecule has 2 aromatic rings. The van der Waals surface area contributed by atoms with Gasteiger partial charge in [-0.2, -0.15) is 0 Å². The Hall–Kier alpha value is -1.38. The predicted molar refractivity (Wildman–Crippen MR) is 106 cm³/mol. The molecule has 5 rings (SSSR count). The number of hydrogen-bond donors (Lipinski definition) is 2. The molecule has 2 bridgehead atoms. The van der Waals surface area contributed by atoms with Gasteiger partial charge >= 0.3 is 0 Å². The lowest BCUT2D eigenvalue weighted by molar-refractivity contribution is -0.962. The Morgan fingerprint density at radius 2 is 2.07 bits per heavy atom. The van der Waals surface area contributed by atoms with Gasteiger partial charge < -0.3 is 43.7 Å². The summed E-state index contributed by atoms with van der Waals surface area (Å²) in [5.74, 6) is 0.583. The number of likely N-dealkylation sites (N-methyl/N-ethyl adjacent to an activating group) is 1. The lowest BCUT2D eigenvalue weighted by Crippen LogP contribution is -3.00. The molecule has 0 radical (unpaired) electrons. The van der Waals surface area contributed by atoms with Crippen molar-refractivity contribution in [3.05, 3.63) is 59.0 Å². The number of piperidine rings is 1. The van der Waals surface area contributed by atoms with Gasteiger partial charge in [0.1, 0.15) is 18.2 Å². The molecule has 5 nitrogen and oxygen atoms in total. The summed E-state index contributed by atoms with van der Waals surface area (Å²) >= 11 is 0. The van der Waals surface area contributed by atoms with Crippen molar-refractivity contribution < 1.29 is 42.8 Å². The van der Waals surface area contributed by atoms with Crippen LogP contribution in [-0.4, -0.2) is 40.7 Å². The molecule has 2 fully saturated rings. The molecule has 1 aliphatic heterocycles. The monoisotopic (exact) mass is 508 g/mol. The average Bonchev–Trinajstić information content (AvgIpc) is 3.17. The molecular formula is C23H29IN2O3. The van der Waals surface area contributed by atoms with Crippen molar-refractivity contribution in [1.29, 1.82) is 0 Å². The summed E-state index contributed by atoms with van der Waals surface area (Å²) in [7, 11) is 2.27. The topological polar surface area (TPSA) is 76.5 Å². The number of fused-ring (bicyclic) bond motifs is 1. The fraction of sp³-hybridized carbons (Fsp3) is 0.522. The van der Waals surface area contributed by atoms with Crippen LogP contribution in [0.3, 0.4) is 0 Å². The van der Waals surface area contributed by atoms with Crippen molar-refractivity contribution in [2.24, 2.45) is 5.73 Å². The SMILES string of the molecule is C[N+]1(Cc2ccco2)CC[C@]23CCCC[C@@]2(O)[C@H]1Cc1ccc(C(N)=O)cc13.[I-]. The quantitative estimate of drug-likeness (QED) is 0.450. The van der Waals surface area contributed by atoms with Crippen LogP contribution < -0.4 is 29.7 Å². The Morgan fingerprint density at radius 1 is 1.28 bits per heavy atom. The lowest BCUT2D eigenvalue weighted by atomic mass is 9.49. The van der Waals surface area contributed by atoms with E-state index in [2.05, 4.69) is 13.1 Å². The van der Waals surface area contributed by atoms with Crippen molar-refractivity contribution in [3.8, 4) is 0 Å². The van der Waals surface area contributed by atoms with Gasteiger partial charge in [0, 0.05) is 23.8 Å². The zero-order valence-electron chi connectivity index (χ0n) is 16.9. The summed E-state index contributed by atoms with van der Waals surface area (Å²) in [5, 5.41) is 12.2. The fourth-order valence-corrected chi connectivity index (χ4v) is 6.62. The van der Waals surface area contributed by atoms with E-state index in [9.17, 15) is 9.90 Å². The fourth-order valence-electron chi connectivity index (χ4n) is 6.62. The zero-order valence-corrected chi connectivity index (χ0v) is 19.0. The van der Waals surface area contributed by atoms with Crippen LogP contribution in [0.25, 0.3) is 0 Å². The first-order valence-electron chi connectivity index (χ1n) is 10.4. The number of hydrogen-bond acceptors (Lipinski definition) is 3. The van der Waals surface area contributed by atoms with Crippen molar-refractivity contribution in [2.45, 2.75) is 62.1 Å². The van der Waals surface area contributed by atoms with Crippen LogP contribution in [0.15, 0.2) is 41.0 Å². The minimum atomic E-state index is -0.756. The Morgan fingerprint density at radius 3 is 2.79 bits per heavy atom. The van der Waals surface area contributed by atoms with Gasteiger partial charge in [0.05, 0.1) is 19.9 Å². The molecule has 0 spiro atoms. The first-order valence-corrected chi connectivity index (χ1v) is 10.4. The number of benzene rings is 1. The number of carbonyl (C=O) groups is 1. The van der Waals surface area contributed by atoms with Gasteiger partial charge in [-0.05, 0) is 48.2 Å². The first kappa shape index (κ1) is 20.9. The van der Waals surface area contributed by atoms with Gasteiger partial charge in [0.15, 0.2) is 5.76 Å². The number of amides is 1. The van der Waals surface area contributed by atoms with Crippen LogP contribution >= 0.6 is 0 Å². The molecule has 3 aliphatic rings. The number of carbonyl (C=O) groups excluding carboxylic acids is 1. The second kappa shape index (κ2) is 7.10. The van der Waals surface area contributed by atoms with Crippen LogP contribution in [-0.2, 0) is 18.4 Å². The van der Waals surface area contributed by atoms with Crippen LogP contribution in [0.1, 0.15) is 59.3 Å². The van der Waals surface area contributed by atoms with Crippen molar-refractivity contribution in [3.63, 3.8) is 0 Å². The summed E-state index contributed by atoms with van der Waals surface area (Å²) in [4.78, 5) is 11.8. The molecule has 3 N–H and O–H groups in total. The minimum absolute atomic E-state index is 0. The van der Waals surface area contributed by atoms with Gasteiger partial charge in [0.25, 0.3) is 0 Å². The molecule has 1 aromatic heterocycles. The number of furan rings is 1. The third kappa shape index (κ3) is 2.90. The molecule has 6 heteroatoms. The van der Waals surface area contributed by atoms with E-state index < -0.39 is 11.5 Å². The highest BCUT2D eigenvalue weighted by molar-refractivity contribution is 5.93. The van der Waals surface area contributed by atoms with Gasteiger partial charge in [0.2, 0.25) is 5.91 Å². The van der Waals surface area contributed by atoms with Gasteiger partial charge in [-0.3, -0.25) is 4.79 Å². The molecule has 2 aliphatic carbocycles. The summed E-state index contributed by atoms with van der Waals surface area (Å²) in [5.41, 5.74) is 7.55. The van der Waals surface area contributed by atoms with E-state index in [4.69, 9.17) is 10.2 Å². The van der Waals surface area contributed by atoms with Crippen molar-refractivity contribution >= 4 is 5.91 Å². The zero-order chi connectivity index (χ0) is 19.6. The maximum atomic E-state index is 12.2. The molecule has 1 saturated heterocycles. The van der Waals surface area contributed by atoms with Crippen LogP contribution in [0, 0.1) is 0 Å². The first-order chi connectivity index (χ1) is 13.4. The van der Waals surface area contributed by atoms with Crippen LogP contribution in [0.4, 0.5) is 0 Å². The van der Waals surface area contributed by atoms with E-state index in [1.54, 1.807) is 6.26 Å². The van der Waals surface area contributed by atoms with Crippen LogP contribution in [0.5, 0.6) is 0 Å². The highest BCUT2D eigenvalue weighted by Crippen LogP contribution is 2.59. The Kier molecular flexibility index (Phi) is 5.11. The van der Waals surface area contributed by atoms with E-state index in [1.165, 1.54) is 11.1 Å². The normalized spacial score (nSPS) is 35.2. The highest BCUT2D eigenvalue weighted by atomic mass is 127. The third-order valence-electron chi connectivity index (χ3n) is 8.01. The largest absolute Gasteiger partial charge is 1.00 e. The van der Waals surface area contributed by atoms with E-state index in [1.807, 2.05) is 24.3 Å². The number of nitrogens with zero attached hydrogens (tertiary/aromatic N) is 1. The van der Waals surface area contributed by atoms with Gasteiger partial charge in [-0.1, -0.05) is 18.9 Å². The molecule has 1 unspecified atom stereocenters. The van der Waals surface area contributed by atoms with Crippen molar-refractivity contribution in [1.82, 2.24) is 0 Å². The summed E-state index contributed by atoms with van der Waals surface area (Å²) in [6, 6.07) is 9.99. The Labute approximate surface area is 188 Å². The van der Waals surface area contributed by atoms with E-state index in [-0.39, 0.29) is 35.4 Å². The maximum Gasteiger partial charge on any atom is 0.248 e. The van der Waals surface area contributed by atoms with Crippen LogP contribution in [0.2, 0.25) is 0 Å². The minimum Gasteiger partial charge on any atom is -1.00 e. The third-order valence-corrected chi connectivity index (χ3v) is 8.01. The summed E-state index contributed by atoms with van der Waals surface area (Å²) in [6.45, 7) is 1.79. The van der Waals surface area contributed by atoms with Gasteiger partial charge in [-0.25, -0.2) is 0 Å². The smallest absolute Gasteiger partial charge is 0.248 e. The number of primary amides is 1. The number of likely N-dealkylation sites (tertiary alicyclic amines) is 1.